The van der Waals surface area contributed by atoms with E-state index >= 15 is 0 Å². The lowest BCUT2D eigenvalue weighted by Gasteiger charge is -2.11. The van der Waals surface area contributed by atoms with Crippen LogP contribution in [0.15, 0.2) is 47.5 Å². The van der Waals surface area contributed by atoms with Crippen LogP contribution >= 0.6 is 11.8 Å². The highest BCUT2D eigenvalue weighted by atomic mass is 32.2. The zero-order chi connectivity index (χ0) is 17.5. The normalized spacial score (nSPS) is 10.8. The fourth-order valence-electron chi connectivity index (χ4n) is 2.14. The fourth-order valence-corrected chi connectivity index (χ4v) is 2.48. The first-order valence-corrected chi connectivity index (χ1v) is 8.53. The Morgan fingerprint density at radius 3 is 2.62 bits per heavy atom. The molecular formula is C18H18N4OS. The van der Waals surface area contributed by atoms with Crippen molar-refractivity contribution < 1.29 is 4.79 Å². The number of aliphatic imine (C=N–C) groups is 1. The summed E-state index contributed by atoms with van der Waals surface area (Å²) in [6.07, 6.45) is 3.68. The van der Waals surface area contributed by atoms with Gasteiger partial charge in [0.05, 0.1) is 11.4 Å². The van der Waals surface area contributed by atoms with Crippen molar-refractivity contribution in [3.63, 3.8) is 0 Å². The molecule has 0 saturated carbocycles. The summed E-state index contributed by atoms with van der Waals surface area (Å²) in [6.45, 7) is 3.84. The Morgan fingerprint density at radius 2 is 1.96 bits per heavy atom. The molecule has 122 valence electrons. The van der Waals surface area contributed by atoms with Crippen LogP contribution in [-0.4, -0.2) is 17.3 Å². The van der Waals surface area contributed by atoms with E-state index in [2.05, 4.69) is 15.6 Å². The first kappa shape index (κ1) is 17.6. The number of aryl methyl sites for hydroxylation is 2. The predicted octanol–water partition coefficient (Wildman–Crippen LogP) is 3.98. The van der Waals surface area contributed by atoms with E-state index < -0.39 is 0 Å². The van der Waals surface area contributed by atoms with Crippen LogP contribution in [0.5, 0.6) is 0 Å². The summed E-state index contributed by atoms with van der Waals surface area (Å²) in [5.41, 5.74) is 3.74. The van der Waals surface area contributed by atoms with Crippen LogP contribution in [0.1, 0.15) is 21.5 Å². The van der Waals surface area contributed by atoms with Crippen LogP contribution in [0, 0.1) is 25.3 Å². The molecule has 2 rings (SSSR count). The van der Waals surface area contributed by atoms with Crippen molar-refractivity contribution in [1.29, 1.82) is 5.26 Å². The number of benzene rings is 2. The van der Waals surface area contributed by atoms with Gasteiger partial charge in [0.2, 0.25) is 0 Å². The summed E-state index contributed by atoms with van der Waals surface area (Å²) in [5, 5.41) is 14.7. The van der Waals surface area contributed by atoms with Gasteiger partial charge in [-0.2, -0.15) is 5.26 Å². The first-order valence-electron chi connectivity index (χ1n) is 7.30. The number of anilines is 1. The molecular weight excluding hydrogens is 320 g/mol. The molecule has 6 heteroatoms. The van der Waals surface area contributed by atoms with Gasteiger partial charge in [-0.1, -0.05) is 36.0 Å². The molecule has 0 bridgehead atoms. The number of amides is 1. The number of carbonyl (C=O) groups is 1. The fraction of sp³-hybridized carbons (Fsp3) is 0.167. The Labute approximate surface area is 145 Å². The Bertz CT molecular complexity index is 824. The van der Waals surface area contributed by atoms with E-state index in [0.29, 0.717) is 22.1 Å². The summed E-state index contributed by atoms with van der Waals surface area (Å²) in [4.78, 5) is 16.9. The van der Waals surface area contributed by atoms with Gasteiger partial charge in [-0.05, 0) is 49.4 Å². The third-order valence-corrected chi connectivity index (χ3v) is 3.95. The second-order valence-corrected chi connectivity index (χ2v) is 5.94. The van der Waals surface area contributed by atoms with Crippen LogP contribution in [0.2, 0.25) is 0 Å². The van der Waals surface area contributed by atoms with Gasteiger partial charge in [-0.25, -0.2) is 4.99 Å². The minimum atomic E-state index is -0.188. The largest absolute Gasteiger partial charge is 0.320 e. The van der Waals surface area contributed by atoms with Gasteiger partial charge in [0.15, 0.2) is 11.4 Å². The molecule has 0 atom stereocenters. The van der Waals surface area contributed by atoms with Gasteiger partial charge in [0.25, 0.3) is 5.91 Å². The number of amidine groups is 1. The maximum atomic E-state index is 12.5. The molecule has 0 aliphatic carbocycles. The Hall–Kier alpha value is -2.78. The molecule has 0 heterocycles. The highest BCUT2D eigenvalue weighted by molar-refractivity contribution is 8.13. The molecule has 1 amide bonds. The lowest BCUT2D eigenvalue weighted by atomic mass is 10.1. The summed E-state index contributed by atoms with van der Waals surface area (Å²) >= 11 is 1.33. The van der Waals surface area contributed by atoms with E-state index in [1.807, 2.05) is 62.7 Å². The third-order valence-electron chi connectivity index (χ3n) is 3.37. The number of carbonyl (C=O) groups excluding carboxylic acids is 1. The van der Waals surface area contributed by atoms with Gasteiger partial charge in [-0.3, -0.25) is 10.1 Å². The number of nitriles is 1. The zero-order valence-corrected chi connectivity index (χ0v) is 14.6. The van der Waals surface area contributed by atoms with E-state index in [9.17, 15) is 4.79 Å². The van der Waals surface area contributed by atoms with E-state index in [1.54, 1.807) is 6.07 Å². The maximum Gasteiger partial charge on any atom is 0.255 e. The average Bonchev–Trinajstić information content (AvgIpc) is 2.57. The quantitative estimate of drug-likeness (QED) is 0.384. The van der Waals surface area contributed by atoms with E-state index in [-0.39, 0.29) is 5.91 Å². The summed E-state index contributed by atoms with van der Waals surface area (Å²) in [6, 6.07) is 13.0. The minimum absolute atomic E-state index is 0.188. The SMILES string of the molecule is CSC(=Nc1cc(C)ccc1NC(=O)c1ccccc1C)NC#N. The van der Waals surface area contributed by atoms with Gasteiger partial charge < -0.3 is 5.32 Å². The highest BCUT2D eigenvalue weighted by Gasteiger charge is 2.11. The van der Waals surface area contributed by atoms with Crippen molar-refractivity contribution in [2.75, 3.05) is 11.6 Å². The molecule has 0 radical (unpaired) electrons. The molecule has 2 aromatic rings. The van der Waals surface area contributed by atoms with Gasteiger partial charge in [0, 0.05) is 5.56 Å². The van der Waals surface area contributed by atoms with Crippen molar-refractivity contribution in [2.45, 2.75) is 13.8 Å². The first-order chi connectivity index (χ1) is 11.5. The summed E-state index contributed by atoms with van der Waals surface area (Å²) in [5.74, 6) is -0.188. The summed E-state index contributed by atoms with van der Waals surface area (Å²) < 4.78 is 0. The Kier molecular flexibility index (Phi) is 5.99. The predicted molar refractivity (Wildman–Crippen MR) is 99.7 cm³/mol. The van der Waals surface area contributed by atoms with Crippen LogP contribution in [0.3, 0.4) is 0 Å². The van der Waals surface area contributed by atoms with E-state index in [0.717, 1.165) is 11.1 Å². The number of thioether (sulfide) groups is 1. The maximum absolute atomic E-state index is 12.5. The molecule has 0 aliphatic heterocycles. The van der Waals surface area contributed by atoms with Crippen molar-refractivity contribution in [1.82, 2.24) is 5.32 Å². The zero-order valence-electron chi connectivity index (χ0n) is 13.8. The van der Waals surface area contributed by atoms with Gasteiger partial charge in [-0.15, -0.1) is 0 Å². The van der Waals surface area contributed by atoms with Gasteiger partial charge >= 0.3 is 0 Å². The van der Waals surface area contributed by atoms with Crippen LogP contribution in [-0.2, 0) is 0 Å². The van der Waals surface area contributed by atoms with Gasteiger partial charge in [0.1, 0.15) is 0 Å². The van der Waals surface area contributed by atoms with Crippen molar-refractivity contribution >= 4 is 34.2 Å². The monoisotopic (exact) mass is 338 g/mol. The van der Waals surface area contributed by atoms with E-state index in [4.69, 9.17) is 5.26 Å². The number of rotatable bonds is 3. The summed E-state index contributed by atoms with van der Waals surface area (Å²) in [7, 11) is 0. The molecule has 5 nitrogen and oxygen atoms in total. The molecule has 2 aromatic carbocycles. The van der Waals surface area contributed by atoms with E-state index in [1.165, 1.54) is 11.8 Å². The molecule has 2 N–H and O–H groups in total. The van der Waals surface area contributed by atoms with Crippen molar-refractivity contribution in [3.05, 3.63) is 59.2 Å². The number of nitrogens with zero attached hydrogens (tertiary/aromatic N) is 2. The number of nitrogens with one attached hydrogen (secondary N) is 2. The molecule has 0 fully saturated rings. The molecule has 0 spiro atoms. The second kappa shape index (κ2) is 8.18. The lowest BCUT2D eigenvalue weighted by molar-refractivity contribution is 0.102. The molecule has 0 saturated heterocycles. The second-order valence-electron chi connectivity index (χ2n) is 5.15. The Balaban J connectivity index is 2.36. The van der Waals surface area contributed by atoms with Crippen molar-refractivity contribution in [3.8, 4) is 6.19 Å². The smallest absolute Gasteiger partial charge is 0.255 e. The molecule has 0 unspecified atom stereocenters. The number of hydrogen-bond acceptors (Lipinski definition) is 4. The minimum Gasteiger partial charge on any atom is -0.320 e. The van der Waals surface area contributed by atoms with Crippen LogP contribution in [0.4, 0.5) is 11.4 Å². The highest BCUT2D eigenvalue weighted by Crippen LogP contribution is 2.28. The standard InChI is InChI=1S/C18H18N4OS/c1-12-8-9-15(16(10-12)22-18(24-3)20-11-19)21-17(23)14-7-5-4-6-13(14)2/h4-10H,1-3H3,(H,20,22)(H,21,23). The van der Waals surface area contributed by atoms with Crippen LogP contribution in [0.25, 0.3) is 0 Å². The Morgan fingerprint density at radius 1 is 1.21 bits per heavy atom. The van der Waals surface area contributed by atoms with Crippen molar-refractivity contribution in [2.24, 2.45) is 4.99 Å². The third kappa shape index (κ3) is 4.37. The molecule has 0 aliphatic rings. The number of hydrogen-bond donors (Lipinski definition) is 2. The molecule has 0 aromatic heterocycles. The molecule has 24 heavy (non-hydrogen) atoms. The topological polar surface area (TPSA) is 77.3 Å². The lowest BCUT2D eigenvalue weighted by Crippen LogP contribution is -2.15. The van der Waals surface area contributed by atoms with Crippen LogP contribution < -0.4 is 10.6 Å². The average molecular weight is 338 g/mol.